The lowest BCUT2D eigenvalue weighted by Gasteiger charge is -2.25. The fourth-order valence-electron chi connectivity index (χ4n) is 2.92. The van der Waals surface area contributed by atoms with Crippen molar-refractivity contribution >= 4 is 40.6 Å². The summed E-state index contributed by atoms with van der Waals surface area (Å²) in [6.45, 7) is 0.954. The zero-order chi connectivity index (χ0) is 19.5. The molecule has 4 rings (SSSR count). The number of carbonyl (C=O) groups excluding carboxylic acids is 2. The first kappa shape index (κ1) is 18.6. The number of pyridine rings is 1. The van der Waals surface area contributed by atoms with Crippen LogP contribution in [0.1, 0.15) is 34.6 Å². The van der Waals surface area contributed by atoms with Gasteiger partial charge in [0.25, 0.3) is 5.91 Å². The Morgan fingerprint density at radius 3 is 2.86 bits per heavy atom. The van der Waals surface area contributed by atoms with Crippen LogP contribution in [0.15, 0.2) is 36.7 Å². The number of thiophene rings is 1. The van der Waals surface area contributed by atoms with Crippen molar-refractivity contribution in [2.45, 2.75) is 25.8 Å². The number of halogens is 1. The van der Waals surface area contributed by atoms with Crippen molar-refractivity contribution in [3.63, 3.8) is 0 Å². The molecule has 10 heteroatoms. The van der Waals surface area contributed by atoms with E-state index in [1.807, 2.05) is 12.1 Å². The second kappa shape index (κ2) is 8.07. The van der Waals surface area contributed by atoms with E-state index in [1.165, 1.54) is 11.3 Å². The first-order valence-electron chi connectivity index (χ1n) is 8.82. The molecule has 0 bridgehead atoms. The smallest absolute Gasteiger partial charge is 0.261 e. The van der Waals surface area contributed by atoms with Crippen LogP contribution in [0.3, 0.4) is 0 Å². The average Bonchev–Trinajstić information content (AvgIpc) is 3.36. The molecule has 1 aliphatic rings. The summed E-state index contributed by atoms with van der Waals surface area (Å²) >= 11 is 7.07. The summed E-state index contributed by atoms with van der Waals surface area (Å²) in [5, 5.41) is 10.9. The van der Waals surface area contributed by atoms with E-state index in [0.717, 1.165) is 18.5 Å². The number of nitrogens with one attached hydrogen (secondary N) is 1. The van der Waals surface area contributed by atoms with E-state index < -0.39 is 0 Å². The summed E-state index contributed by atoms with van der Waals surface area (Å²) in [6, 6.07) is 7.02. The second-order valence-electron chi connectivity index (χ2n) is 6.32. The molecular weight excluding hydrogens is 400 g/mol. The van der Waals surface area contributed by atoms with Crippen molar-refractivity contribution in [2.75, 3.05) is 11.4 Å². The first-order chi connectivity index (χ1) is 13.6. The van der Waals surface area contributed by atoms with Crippen LogP contribution >= 0.6 is 22.9 Å². The number of rotatable bonds is 5. The Bertz CT molecular complexity index is 1000. The summed E-state index contributed by atoms with van der Waals surface area (Å²) in [7, 11) is 0. The van der Waals surface area contributed by atoms with Gasteiger partial charge in [-0.3, -0.25) is 14.5 Å². The molecule has 0 spiro atoms. The third kappa shape index (κ3) is 4.05. The monoisotopic (exact) mass is 416 g/mol. The highest BCUT2D eigenvalue weighted by Crippen LogP contribution is 2.21. The van der Waals surface area contributed by atoms with Gasteiger partial charge in [0.2, 0.25) is 5.91 Å². The molecule has 1 saturated heterocycles. The quantitative estimate of drug-likeness (QED) is 0.690. The highest BCUT2D eigenvalue weighted by Gasteiger charge is 2.20. The van der Waals surface area contributed by atoms with Gasteiger partial charge < -0.3 is 5.32 Å². The van der Waals surface area contributed by atoms with Crippen LogP contribution in [-0.4, -0.2) is 38.3 Å². The molecule has 144 valence electrons. The fraction of sp³-hybridized carbons (Fsp3) is 0.278. The summed E-state index contributed by atoms with van der Waals surface area (Å²) in [5.74, 6) is 0.552. The minimum atomic E-state index is -0.205. The van der Waals surface area contributed by atoms with E-state index in [-0.39, 0.29) is 18.4 Å². The highest BCUT2D eigenvalue weighted by atomic mass is 35.5. The van der Waals surface area contributed by atoms with Crippen LogP contribution in [0.2, 0.25) is 4.34 Å². The Hall–Kier alpha value is -2.78. The summed E-state index contributed by atoms with van der Waals surface area (Å²) in [6.07, 6.45) is 5.88. The van der Waals surface area contributed by atoms with E-state index in [1.54, 1.807) is 34.1 Å². The number of nitrogens with zero attached hydrogens (tertiary/aromatic N) is 5. The zero-order valence-corrected chi connectivity index (χ0v) is 16.4. The van der Waals surface area contributed by atoms with E-state index in [4.69, 9.17) is 11.6 Å². The first-order valence-corrected chi connectivity index (χ1v) is 10.0. The molecule has 3 aromatic heterocycles. The van der Waals surface area contributed by atoms with E-state index in [0.29, 0.717) is 33.7 Å². The van der Waals surface area contributed by atoms with Crippen LogP contribution in [0.25, 0.3) is 5.69 Å². The van der Waals surface area contributed by atoms with E-state index >= 15 is 0 Å². The molecule has 3 aromatic rings. The van der Waals surface area contributed by atoms with Crippen molar-refractivity contribution < 1.29 is 9.59 Å². The Labute approximate surface area is 170 Å². The highest BCUT2D eigenvalue weighted by molar-refractivity contribution is 7.17. The van der Waals surface area contributed by atoms with Crippen molar-refractivity contribution in [1.82, 2.24) is 25.3 Å². The van der Waals surface area contributed by atoms with Crippen molar-refractivity contribution in [3.8, 4) is 5.69 Å². The lowest BCUT2D eigenvalue weighted by atomic mass is 10.1. The third-order valence-corrected chi connectivity index (χ3v) is 5.59. The van der Waals surface area contributed by atoms with Crippen LogP contribution in [0.5, 0.6) is 0 Å². The standard InChI is InChI=1S/C18H17ClN6O2S/c19-15-6-5-14(28-15)18(27)21-9-12-11-25(23-22-12)13-4-7-16(20-10-13)24-8-2-1-3-17(24)26/h4-7,10-11H,1-3,8-9H2,(H,21,27). The summed E-state index contributed by atoms with van der Waals surface area (Å²) in [5.41, 5.74) is 1.34. The molecule has 0 atom stereocenters. The van der Waals surface area contributed by atoms with Crippen LogP contribution < -0.4 is 10.2 Å². The van der Waals surface area contributed by atoms with Gasteiger partial charge in [-0.15, -0.1) is 16.4 Å². The van der Waals surface area contributed by atoms with Crippen LogP contribution in [0, 0.1) is 0 Å². The maximum Gasteiger partial charge on any atom is 0.261 e. The number of amides is 2. The van der Waals surface area contributed by atoms with Crippen molar-refractivity contribution in [2.24, 2.45) is 0 Å². The number of anilines is 1. The normalized spacial score (nSPS) is 14.3. The molecule has 0 aromatic carbocycles. The number of hydrogen-bond acceptors (Lipinski definition) is 6. The van der Waals surface area contributed by atoms with Gasteiger partial charge in [0.15, 0.2) is 0 Å². The molecule has 1 fully saturated rings. The van der Waals surface area contributed by atoms with Gasteiger partial charge in [-0.1, -0.05) is 16.8 Å². The van der Waals surface area contributed by atoms with Gasteiger partial charge in [-0.25, -0.2) is 9.67 Å². The molecule has 1 aliphatic heterocycles. The Morgan fingerprint density at radius 1 is 1.25 bits per heavy atom. The van der Waals surface area contributed by atoms with Gasteiger partial charge in [0.1, 0.15) is 11.5 Å². The Morgan fingerprint density at radius 2 is 2.14 bits per heavy atom. The summed E-state index contributed by atoms with van der Waals surface area (Å²) in [4.78, 5) is 30.7. The molecule has 4 heterocycles. The number of hydrogen-bond donors (Lipinski definition) is 1. The van der Waals surface area contributed by atoms with E-state index in [2.05, 4.69) is 20.6 Å². The molecule has 0 unspecified atom stereocenters. The maximum atomic E-state index is 12.1. The molecule has 1 N–H and O–H groups in total. The predicted molar refractivity (Wildman–Crippen MR) is 106 cm³/mol. The molecule has 8 nitrogen and oxygen atoms in total. The fourth-order valence-corrected chi connectivity index (χ4v) is 3.88. The van der Waals surface area contributed by atoms with Gasteiger partial charge in [-0.05, 0) is 37.1 Å². The lowest BCUT2D eigenvalue weighted by Crippen LogP contribution is -2.35. The molecule has 0 aliphatic carbocycles. The zero-order valence-electron chi connectivity index (χ0n) is 14.8. The summed E-state index contributed by atoms with van der Waals surface area (Å²) < 4.78 is 2.15. The second-order valence-corrected chi connectivity index (χ2v) is 8.03. The van der Waals surface area contributed by atoms with Crippen LogP contribution in [0.4, 0.5) is 5.82 Å². The van der Waals surface area contributed by atoms with Crippen molar-refractivity contribution in [3.05, 3.63) is 51.6 Å². The number of piperidine rings is 1. The topological polar surface area (TPSA) is 93.0 Å². The maximum absolute atomic E-state index is 12.1. The molecule has 0 saturated carbocycles. The average molecular weight is 417 g/mol. The third-order valence-electron chi connectivity index (χ3n) is 4.36. The van der Waals surface area contributed by atoms with Gasteiger partial charge in [0.05, 0.1) is 33.8 Å². The van der Waals surface area contributed by atoms with Gasteiger partial charge in [0, 0.05) is 13.0 Å². The largest absolute Gasteiger partial charge is 0.346 e. The lowest BCUT2D eigenvalue weighted by molar-refractivity contribution is -0.119. The van der Waals surface area contributed by atoms with Gasteiger partial charge >= 0.3 is 0 Å². The minimum Gasteiger partial charge on any atom is -0.346 e. The predicted octanol–water partition coefficient (Wildman–Crippen LogP) is 2.82. The molecule has 2 amide bonds. The van der Waals surface area contributed by atoms with Crippen LogP contribution in [-0.2, 0) is 11.3 Å². The minimum absolute atomic E-state index is 0.109. The molecular formula is C18H17ClN6O2S. The Balaban J connectivity index is 1.39. The van der Waals surface area contributed by atoms with Crippen molar-refractivity contribution in [1.29, 1.82) is 0 Å². The Kier molecular flexibility index (Phi) is 5.36. The number of aromatic nitrogens is 4. The molecule has 0 radical (unpaired) electrons. The molecule has 28 heavy (non-hydrogen) atoms. The van der Waals surface area contributed by atoms with Gasteiger partial charge in [-0.2, -0.15) is 0 Å². The number of carbonyl (C=O) groups is 2. The SMILES string of the molecule is O=C(NCc1cn(-c2ccc(N3CCCCC3=O)nc2)nn1)c1ccc(Cl)s1. The van der Waals surface area contributed by atoms with E-state index in [9.17, 15) is 9.59 Å².